The molecular weight excluding hydrogens is 577 g/mol. The van der Waals surface area contributed by atoms with Crippen molar-refractivity contribution >= 4 is 23.8 Å². The van der Waals surface area contributed by atoms with Crippen molar-refractivity contribution in [2.24, 2.45) is 5.10 Å². The summed E-state index contributed by atoms with van der Waals surface area (Å²) in [6.45, 7) is 0. The number of anilines is 2. The van der Waals surface area contributed by atoms with E-state index >= 15 is 0 Å². The van der Waals surface area contributed by atoms with E-state index in [1.165, 1.54) is 57.0 Å². The van der Waals surface area contributed by atoms with Gasteiger partial charge in [-0.1, -0.05) is 36.4 Å². The van der Waals surface area contributed by atoms with Crippen LogP contribution < -0.4 is 25.7 Å². The number of nitrogen functional groups attached to an aromatic ring is 2. The minimum atomic E-state index is -4.81. The molecular formula is C31H27F3N6O4. The van der Waals surface area contributed by atoms with E-state index in [4.69, 9.17) is 20.9 Å². The fourth-order valence-corrected chi connectivity index (χ4v) is 4.85. The number of ketones is 1. The van der Waals surface area contributed by atoms with Gasteiger partial charge in [-0.2, -0.15) is 10.1 Å². The first kappa shape index (κ1) is 29.9. The number of allylic oxidation sites excluding steroid dienone is 1. The van der Waals surface area contributed by atoms with E-state index in [1.54, 1.807) is 23.4 Å². The number of nitrogens with two attached hydrogens (primary N) is 2. The summed E-state index contributed by atoms with van der Waals surface area (Å²) in [5, 5.41) is 6.06. The average molecular weight is 605 g/mol. The number of carbonyl (C=O) groups excluding carboxylic acids is 1. The molecule has 10 nitrogen and oxygen atoms in total. The molecule has 2 heterocycles. The average Bonchev–Trinajstić information content (AvgIpc) is 3.00. The molecule has 1 atom stereocenters. The highest BCUT2D eigenvalue weighted by Crippen LogP contribution is 2.37. The Hall–Kier alpha value is -5.59. The van der Waals surface area contributed by atoms with Crippen molar-refractivity contribution in [3.8, 4) is 17.2 Å². The molecule has 13 heteroatoms. The third-order valence-electron chi connectivity index (χ3n) is 6.81. The van der Waals surface area contributed by atoms with E-state index in [2.05, 4.69) is 19.8 Å². The second-order valence-corrected chi connectivity index (χ2v) is 9.65. The number of methoxy groups -OCH3 is 2. The molecule has 44 heavy (non-hydrogen) atoms. The van der Waals surface area contributed by atoms with Crippen molar-refractivity contribution in [1.82, 2.24) is 15.0 Å². The Morgan fingerprint density at radius 2 is 1.80 bits per heavy atom. The van der Waals surface area contributed by atoms with Crippen LogP contribution >= 0.6 is 0 Å². The zero-order valence-electron chi connectivity index (χ0n) is 23.6. The number of rotatable bonds is 9. The first-order valence-corrected chi connectivity index (χ1v) is 13.2. The Morgan fingerprint density at radius 1 is 1.05 bits per heavy atom. The molecule has 1 unspecified atom stereocenters. The summed E-state index contributed by atoms with van der Waals surface area (Å²) in [6.07, 6.45) is 1.48. The van der Waals surface area contributed by atoms with Gasteiger partial charge >= 0.3 is 6.36 Å². The van der Waals surface area contributed by atoms with Crippen LogP contribution in [-0.2, 0) is 6.42 Å². The number of nitrogens with zero attached hydrogens (tertiary/aromatic N) is 4. The zero-order chi connectivity index (χ0) is 31.4. The summed E-state index contributed by atoms with van der Waals surface area (Å²) in [4.78, 5) is 21.6. The lowest BCUT2D eigenvalue weighted by Gasteiger charge is -2.31. The topological polar surface area (TPSA) is 138 Å². The predicted molar refractivity (Wildman–Crippen MR) is 158 cm³/mol. The first-order chi connectivity index (χ1) is 21.1. The Morgan fingerprint density at radius 3 is 2.48 bits per heavy atom. The molecule has 0 bridgehead atoms. The smallest absolute Gasteiger partial charge is 0.493 e. The van der Waals surface area contributed by atoms with Gasteiger partial charge in [-0.05, 0) is 41.0 Å². The minimum absolute atomic E-state index is 0.0476. The lowest BCUT2D eigenvalue weighted by Crippen LogP contribution is -2.25. The normalized spacial score (nSPS) is 14.4. The fraction of sp³-hybridized carbons (Fsp3) is 0.161. The molecule has 0 amide bonds. The lowest BCUT2D eigenvalue weighted by molar-refractivity contribution is -0.274. The van der Waals surface area contributed by atoms with Crippen molar-refractivity contribution in [3.63, 3.8) is 0 Å². The van der Waals surface area contributed by atoms with Gasteiger partial charge in [-0.15, -0.1) is 13.2 Å². The van der Waals surface area contributed by atoms with Gasteiger partial charge in [-0.25, -0.2) is 4.98 Å². The molecule has 0 saturated heterocycles. The van der Waals surface area contributed by atoms with Crippen LogP contribution in [0.2, 0.25) is 0 Å². The van der Waals surface area contributed by atoms with Crippen molar-refractivity contribution < 1.29 is 32.2 Å². The maximum atomic E-state index is 13.6. The highest BCUT2D eigenvalue weighted by molar-refractivity contribution is 6.07. The monoisotopic (exact) mass is 604 g/mol. The molecule has 3 aromatic carbocycles. The highest BCUT2D eigenvalue weighted by atomic mass is 19.4. The van der Waals surface area contributed by atoms with Crippen molar-refractivity contribution in [3.05, 3.63) is 113 Å². The van der Waals surface area contributed by atoms with Gasteiger partial charge < -0.3 is 25.7 Å². The van der Waals surface area contributed by atoms with E-state index < -0.39 is 18.2 Å². The fourth-order valence-electron chi connectivity index (χ4n) is 4.85. The van der Waals surface area contributed by atoms with Crippen molar-refractivity contribution in [1.29, 1.82) is 0 Å². The van der Waals surface area contributed by atoms with E-state index in [1.807, 2.05) is 24.3 Å². The highest BCUT2D eigenvalue weighted by Gasteiger charge is 2.31. The summed E-state index contributed by atoms with van der Waals surface area (Å²) in [7, 11) is 2.89. The van der Waals surface area contributed by atoms with Crippen molar-refractivity contribution in [2.75, 3.05) is 25.7 Å². The van der Waals surface area contributed by atoms with E-state index in [0.29, 0.717) is 28.9 Å². The van der Waals surface area contributed by atoms with Gasteiger partial charge in [0, 0.05) is 36.0 Å². The van der Waals surface area contributed by atoms with E-state index in [0.717, 1.165) is 11.1 Å². The van der Waals surface area contributed by atoms with Crippen LogP contribution in [0.25, 0.3) is 0 Å². The number of hydrogen-bond acceptors (Lipinski definition) is 10. The Bertz CT molecular complexity index is 1740. The minimum Gasteiger partial charge on any atom is -0.493 e. The number of hydrogen-bond donors (Lipinski definition) is 2. The molecule has 4 N–H and O–H groups in total. The molecule has 0 saturated carbocycles. The predicted octanol–water partition coefficient (Wildman–Crippen LogP) is 5.28. The Balaban J connectivity index is 1.47. The van der Waals surface area contributed by atoms with Crippen LogP contribution in [0.15, 0.2) is 84.2 Å². The maximum absolute atomic E-state index is 13.6. The molecule has 0 spiro atoms. The van der Waals surface area contributed by atoms with Crippen LogP contribution in [0.5, 0.6) is 17.2 Å². The third-order valence-corrected chi connectivity index (χ3v) is 6.81. The van der Waals surface area contributed by atoms with Gasteiger partial charge in [0.1, 0.15) is 17.6 Å². The summed E-state index contributed by atoms with van der Waals surface area (Å²) in [5.41, 5.74) is 15.4. The molecule has 1 aromatic heterocycles. The van der Waals surface area contributed by atoms with Gasteiger partial charge in [0.15, 0.2) is 17.3 Å². The largest absolute Gasteiger partial charge is 0.573 e. The molecule has 1 aliphatic heterocycles. The summed E-state index contributed by atoms with van der Waals surface area (Å²) < 4.78 is 53.2. The Kier molecular flexibility index (Phi) is 8.38. The van der Waals surface area contributed by atoms with Gasteiger partial charge in [0.05, 0.1) is 26.0 Å². The van der Waals surface area contributed by atoms with E-state index in [-0.39, 0.29) is 28.8 Å². The molecule has 226 valence electrons. The SMILES string of the molecule is COc1cc(Cc2cnc(N)nc2N)cc(C(=O)C=CN2N=Cc3ccccc3C2c2ccc(OC(F)(F)F)cc2)c1OC. The molecule has 0 radical (unpaired) electrons. The number of benzene rings is 3. The number of carbonyl (C=O) groups is 1. The number of fused-ring (bicyclic) bond motifs is 1. The molecule has 4 aromatic rings. The number of aromatic nitrogens is 2. The maximum Gasteiger partial charge on any atom is 0.573 e. The van der Waals surface area contributed by atoms with Crippen molar-refractivity contribution in [2.45, 2.75) is 18.8 Å². The molecule has 1 aliphatic rings. The number of halogens is 3. The van der Waals surface area contributed by atoms with Crippen LogP contribution in [0.4, 0.5) is 24.9 Å². The van der Waals surface area contributed by atoms with Crippen LogP contribution in [0, 0.1) is 0 Å². The van der Waals surface area contributed by atoms with E-state index in [9.17, 15) is 18.0 Å². The lowest BCUT2D eigenvalue weighted by atomic mass is 9.93. The quantitative estimate of drug-likeness (QED) is 0.193. The van der Waals surface area contributed by atoms with Crippen LogP contribution in [-0.4, -0.2) is 47.6 Å². The summed E-state index contributed by atoms with van der Waals surface area (Å²) in [5.74, 6) is 0.0701. The summed E-state index contributed by atoms with van der Waals surface area (Å²) in [6, 6.07) is 15.8. The third kappa shape index (κ3) is 6.56. The van der Waals surface area contributed by atoms with Crippen LogP contribution in [0.1, 0.15) is 44.2 Å². The zero-order valence-corrected chi connectivity index (χ0v) is 23.6. The van der Waals surface area contributed by atoms with Gasteiger partial charge in [0.2, 0.25) is 5.95 Å². The number of hydrazone groups is 1. The number of ether oxygens (including phenoxy) is 3. The Labute approximate surface area is 250 Å². The van der Waals surface area contributed by atoms with Gasteiger partial charge in [-0.3, -0.25) is 9.80 Å². The number of alkyl halides is 3. The molecule has 0 aliphatic carbocycles. The second kappa shape index (κ2) is 12.3. The van der Waals surface area contributed by atoms with Crippen LogP contribution in [0.3, 0.4) is 0 Å². The standard InChI is InChI=1S/C31H27F3N6O4/c1-42-26-15-18(13-21-16-37-30(36)39-29(21)35)14-24(28(26)43-2)25(41)11-12-40-27(23-6-4-3-5-20(23)17-38-40)19-7-9-22(10-8-19)44-31(32,33)34/h3-12,14-17,27H,13H2,1-2H3,(H4,35,36,37,39). The molecule has 5 rings (SSSR count). The first-order valence-electron chi connectivity index (χ1n) is 13.2. The second-order valence-electron chi connectivity index (χ2n) is 9.65. The molecule has 0 fully saturated rings. The van der Waals surface area contributed by atoms with Gasteiger partial charge in [0.25, 0.3) is 0 Å². The summed E-state index contributed by atoms with van der Waals surface area (Å²) >= 11 is 0.